The number of hydrogen-bond donors (Lipinski definition) is 2. The summed E-state index contributed by atoms with van der Waals surface area (Å²) in [6, 6.07) is 7.63. The maximum Gasteiger partial charge on any atom is 0.253 e. The van der Waals surface area contributed by atoms with Gasteiger partial charge in [-0.15, -0.1) is 0 Å². The van der Waals surface area contributed by atoms with Crippen LogP contribution in [-0.4, -0.2) is 17.9 Å². The summed E-state index contributed by atoms with van der Waals surface area (Å²) in [5.74, 6) is -0.113. The van der Waals surface area contributed by atoms with Gasteiger partial charge >= 0.3 is 0 Å². The van der Waals surface area contributed by atoms with Crippen molar-refractivity contribution in [3.63, 3.8) is 0 Å². The molecular formula is C10H9N2O. The molecule has 3 nitrogen and oxygen atoms in total. The second-order valence-corrected chi connectivity index (χ2v) is 2.75. The van der Waals surface area contributed by atoms with Gasteiger partial charge in [0, 0.05) is 18.0 Å². The number of para-hydroxylation sites is 1. The number of aromatic nitrogens is 1. The van der Waals surface area contributed by atoms with Crippen molar-refractivity contribution >= 4 is 16.8 Å². The zero-order chi connectivity index (χ0) is 9.26. The molecule has 2 rings (SSSR count). The molecule has 1 aromatic heterocycles. The molecule has 1 heterocycles. The predicted octanol–water partition coefficient (Wildman–Crippen LogP) is 1.33. The molecule has 0 bridgehead atoms. The van der Waals surface area contributed by atoms with Gasteiger partial charge in [-0.25, -0.2) is 0 Å². The molecule has 1 aromatic carbocycles. The van der Waals surface area contributed by atoms with E-state index in [9.17, 15) is 4.79 Å². The molecule has 65 valence electrons. The molecule has 0 atom stereocenters. The van der Waals surface area contributed by atoms with Gasteiger partial charge in [0.05, 0.1) is 11.8 Å². The lowest BCUT2D eigenvalue weighted by Crippen LogP contribution is -2.17. The Bertz CT molecular complexity index is 445. The van der Waals surface area contributed by atoms with Crippen molar-refractivity contribution in [2.24, 2.45) is 0 Å². The summed E-state index contributed by atoms with van der Waals surface area (Å²) in [7, 11) is 1.61. The fraction of sp³-hybridized carbons (Fsp3) is 0.100. The molecule has 0 unspecified atom stereocenters. The lowest BCUT2D eigenvalue weighted by Gasteiger charge is -1.95. The van der Waals surface area contributed by atoms with E-state index in [4.69, 9.17) is 0 Å². The zero-order valence-electron chi connectivity index (χ0n) is 7.22. The average Bonchev–Trinajstić information content (AvgIpc) is 2.60. The van der Waals surface area contributed by atoms with Crippen LogP contribution in [0.3, 0.4) is 0 Å². The number of rotatable bonds is 1. The molecule has 0 saturated carbocycles. The van der Waals surface area contributed by atoms with Crippen molar-refractivity contribution < 1.29 is 4.79 Å². The number of amides is 1. The van der Waals surface area contributed by atoms with Gasteiger partial charge in [0.25, 0.3) is 5.91 Å². The van der Waals surface area contributed by atoms with Crippen LogP contribution in [0.1, 0.15) is 10.4 Å². The van der Waals surface area contributed by atoms with Gasteiger partial charge < -0.3 is 10.3 Å². The summed E-state index contributed by atoms with van der Waals surface area (Å²) >= 11 is 0. The first-order chi connectivity index (χ1) is 6.33. The van der Waals surface area contributed by atoms with Crippen LogP contribution in [0.5, 0.6) is 0 Å². The van der Waals surface area contributed by atoms with E-state index in [1.165, 1.54) is 0 Å². The molecule has 1 amide bonds. The Labute approximate surface area is 75.8 Å². The van der Waals surface area contributed by atoms with Crippen molar-refractivity contribution in [3.05, 3.63) is 36.0 Å². The topological polar surface area (TPSA) is 44.9 Å². The molecule has 0 fully saturated rings. The molecule has 0 aliphatic heterocycles. The van der Waals surface area contributed by atoms with Crippen molar-refractivity contribution in [2.45, 2.75) is 0 Å². The zero-order valence-corrected chi connectivity index (χ0v) is 7.22. The third-order valence-corrected chi connectivity index (χ3v) is 1.97. The quantitative estimate of drug-likeness (QED) is 0.671. The summed E-state index contributed by atoms with van der Waals surface area (Å²) < 4.78 is 0. The van der Waals surface area contributed by atoms with Gasteiger partial charge in [0.2, 0.25) is 0 Å². The molecule has 0 spiro atoms. The van der Waals surface area contributed by atoms with Crippen molar-refractivity contribution in [3.8, 4) is 0 Å². The van der Waals surface area contributed by atoms with Gasteiger partial charge in [-0.05, 0) is 6.07 Å². The standard InChI is InChI=1S/C10H9N2O/c1-11-10(13)8-6-12-9-5-3-2-4-7(8)9/h2-5,12H,1H3,(H,11,13). The minimum Gasteiger partial charge on any atom is -0.355 e. The van der Waals surface area contributed by atoms with Crippen LogP contribution in [0.4, 0.5) is 0 Å². The maximum atomic E-state index is 11.3. The minimum atomic E-state index is -0.113. The van der Waals surface area contributed by atoms with E-state index in [-0.39, 0.29) is 5.91 Å². The highest BCUT2D eigenvalue weighted by Crippen LogP contribution is 2.16. The fourth-order valence-electron chi connectivity index (χ4n) is 1.31. The summed E-state index contributed by atoms with van der Waals surface area (Å²) in [5.41, 5.74) is 1.50. The molecule has 0 aliphatic rings. The molecule has 1 radical (unpaired) electrons. The van der Waals surface area contributed by atoms with Crippen LogP contribution in [0.25, 0.3) is 10.9 Å². The summed E-state index contributed by atoms with van der Waals surface area (Å²) in [6.07, 6.45) is 2.83. The lowest BCUT2D eigenvalue weighted by atomic mass is 10.2. The molecule has 3 heteroatoms. The van der Waals surface area contributed by atoms with Crippen molar-refractivity contribution in [1.29, 1.82) is 0 Å². The first-order valence-electron chi connectivity index (χ1n) is 4.03. The lowest BCUT2D eigenvalue weighted by molar-refractivity contribution is 0.0964. The highest BCUT2D eigenvalue weighted by atomic mass is 16.1. The largest absolute Gasteiger partial charge is 0.355 e. The number of carbonyl (C=O) groups excluding carboxylic acids is 1. The normalized spacial score (nSPS) is 10.2. The van der Waals surface area contributed by atoms with Crippen LogP contribution in [0.2, 0.25) is 0 Å². The summed E-state index contributed by atoms with van der Waals surface area (Å²) in [6.45, 7) is 0. The predicted molar refractivity (Wildman–Crippen MR) is 50.5 cm³/mol. The monoisotopic (exact) mass is 173 g/mol. The Hall–Kier alpha value is -1.77. The first kappa shape index (κ1) is 7.86. The van der Waals surface area contributed by atoms with Gasteiger partial charge in [0.1, 0.15) is 0 Å². The molecule has 0 aliphatic carbocycles. The van der Waals surface area contributed by atoms with Crippen LogP contribution in [0, 0.1) is 6.20 Å². The van der Waals surface area contributed by atoms with E-state index in [1.54, 1.807) is 7.05 Å². The average molecular weight is 173 g/mol. The SMILES string of the molecule is CNC(=O)c1[c][nH]c2ccccc12. The smallest absolute Gasteiger partial charge is 0.253 e. The molecule has 0 saturated heterocycles. The maximum absolute atomic E-state index is 11.3. The number of benzene rings is 1. The Balaban J connectivity index is 2.64. The van der Waals surface area contributed by atoms with E-state index in [1.807, 2.05) is 24.3 Å². The van der Waals surface area contributed by atoms with E-state index in [0.29, 0.717) is 5.56 Å². The number of fused-ring (bicyclic) bond motifs is 1. The Morgan fingerprint density at radius 2 is 2.23 bits per heavy atom. The third-order valence-electron chi connectivity index (χ3n) is 1.97. The highest BCUT2D eigenvalue weighted by Gasteiger charge is 2.09. The summed E-state index contributed by atoms with van der Waals surface area (Å²) in [4.78, 5) is 14.2. The van der Waals surface area contributed by atoms with E-state index >= 15 is 0 Å². The van der Waals surface area contributed by atoms with Gasteiger partial charge in [-0.2, -0.15) is 0 Å². The minimum absolute atomic E-state index is 0.113. The molecule has 13 heavy (non-hydrogen) atoms. The number of H-pyrrole nitrogens is 1. The van der Waals surface area contributed by atoms with Crippen molar-refractivity contribution in [2.75, 3.05) is 7.05 Å². The number of nitrogens with one attached hydrogen (secondary N) is 2. The highest BCUT2D eigenvalue weighted by molar-refractivity contribution is 6.06. The van der Waals surface area contributed by atoms with Gasteiger partial charge in [-0.1, -0.05) is 18.2 Å². The van der Waals surface area contributed by atoms with E-state index in [2.05, 4.69) is 16.5 Å². The molecule has 2 N–H and O–H groups in total. The van der Waals surface area contributed by atoms with Crippen LogP contribution < -0.4 is 5.32 Å². The van der Waals surface area contributed by atoms with Crippen LogP contribution in [-0.2, 0) is 0 Å². The third kappa shape index (κ3) is 1.18. The molecular weight excluding hydrogens is 164 g/mol. The van der Waals surface area contributed by atoms with Crippen LogP contribution in [0.15, 0.2) is 24.3 Å². The van der Waals surface area contributed by atoms with E-state index in [0.717, 1.165) is 10.9 Å². The second kappa shape index (κ2) is 2.94. The second-order valence-electron chi connectivity index (χ2n) is 2.75. The Morgan fingerprint density at radius 1 is 1.46 bits per heavy atom. The van der Waals surface area contributed by atoms with Crippen molar-refractivity contribution in [1.82, 2.24) is 10.3 Å². The fourth-order valence-corrected chi connectivity index (χ4v) is 1.31. The Kier molecular flexibility index (Phi) is 1.77. The first-order valence-corrected chi connectivity index (χ1v) is 4.03. The van der Waals surface area contributed by atoms with Gasteiger partial charge in [-0.3, -0.25) is 4.79 Å². The number of aromatic amines is 1. The van der Waals surface area contributed by atoms with Gasteiger partial charge in [0.15, 0.2) is 0 Å². The summed E-state index contributed by atoms with van der Waals surface area (Å²) in [5, 5.41) is 3.47. The molecule has 2 aromatic rings. The number of hydrogen-bond acceptors (Lipinski definition) is 1. The number of carbonyl (C=O) groups is 1. The van der Waals surface area contributed by atoms with E-state index < -0.39 is 0 Å². The Morgan fingerprint density at radius 3 is 3.00 bits per heavy atom. The van der Waals surface area contributed by atoms with Crippen LogP contribution >= 0.6 is 0 Å².